The first-order valence-corrected chi connectivity index (χ1v) is 7.71. The SMILES string of the molecule is C=CCc1ccc2cc(OCCCCCCO)ccc2c1. The van der Waals surface area contributed by atoms with E-state index in [1.807, 2.05) is 12.1 Å². The van der Waals surface area contributed by atoms with Crippen LogP contribution in [0.4, 0.5) is 0 Å². The van der Waals surface area contributed by atoms with E-state index < -0.39 is 0 Å². The van der Waals surface area contributed by atoms with Gasteiger partial charge in [-0.25, -0.2) is 0 Å². The fourth-order valence-corrected chi connectivity index (χ4v) is 2.41. The smallest absolute Gasteiger partial charge is 0.119 e. The minimum Gasteiger partial charge on any atom is -0.494 e. The minimum absolute atomic E-state index is 0.291. The number of aliphatic hydroxyl groups excluding tert-OH is 1. The first kappa shape index (κ1) is 15.6. The van der Waals surface area contributed by atoms with Crippen LogP contribution in [0.3, 0.4) is 0 Å². The summed E-state index contributed by atoms with van der Waals surface area (Å²) in [6, 6.07) is 12.7. The molecule has 0 aliphatic carbocycles. The number of allylic oxidation sites excluding steroid dienone is 1. The normalized spacial score (nSPS) is 10.7. The van der Waals surface area contributed by atoms with E-state index in [1.165, 1.54) is 16.3 Å². The second-order valence-electron chi connectivity index (χ2n) is 5.32. The Balaban J connectivity index is 1.90. The van der Waals surface area contributed by atoms with Crippen LogP contribution in [0.25, 0.3) is 10.8 Å². The molecule has 0 aromatic heterocycles. The molecule has 0 aliphatic heterocycles. The van der Waals surface area contributed by atoms with E-state index in [2.05, 4.69) is 36.9 Å². The Hall–Kier alpha value is -1.80. The third-order valence-electron chi connectivity index (χ3n) is 3.58. The van der Waals surface area contributed by atoms with E-state index in [-0.39, 0.29) is 0 Å². The zero-order valence-corrected chi connectivity index (χ0v) is 12.6. The van der Waals surface area contributed by atoms with Gasteiger partial charge < -0.3 is 9.84 Å². The lowest BCUT2D eigenvalue weighted by molar-refractivity contribution is 0.273. The van der Waals surface area contributed by atoms with Gasteiger partial charge in [0.1, 0.15) is 5.75 Å². The number of unbranched alkanes of at least 4 members (excludes halogenated alkanes) is 3. The van der Waals surface area contributed by atoms with E-state index >= 15 is 0 Å². The van der Waals surface area contributed by atoms with Crippen LogP contribution >= 0.6 is 0 Å². The van der Waals surface area contributed by atoms with E-state index in [4.69, 9.17) is 9.84 Å². The first-order valence-electron chi connectivity index (χ1n) is 7.71. The highest BCUT2D eigenvalue weighted by atomic mass is 16.5. The zero-order valence-electron chi connectivity index (χ0n) is 12.6. The summed E-state index contributed by atoms with van der Waals surface area (Å²) in [4.78, 5) is 0. The summed E-state index contributed by atoms with van der Waals surface area (Å²) in [6.07, 6.45) is 6.94. The van der Waals surface area contributed by atoms with Gasteiger partial charge in [-0.15, -0.1) is 6.58 Å². The Bertz CT molecular complexity index is 575. The molecule has 0 atom stereocenters. The zero-order chi connectivity index (χ0) is 14.9. The number of benzene rings is 2. The molecule has 2 aromatic carbocycles. The molecule has 0 saturated heterocycles. The molecule has 0 spiro atoms. The van der Waals surface area contributed by atoms with Crippen molar-refractivity contribution in [1.82, 2.24) is 0 Å². The lowest BCUT2D eigenvalue weighted by Gasteiger charge is -2.08. The summed E-state index contributed by atoms with van der Waals surface area (Å²) < 4.78 is 5.79. The van der Waals surface area contributed by atoms with E-state index in [1.54, 1.807) is 0 Å². The van der Waals surface area contributed by atoms with Crippen molar-refractivity contribution < 1.29 is 9.84 Å². The fourth-order valence-electron chi connectivity index (χ4n) is 2.41. The summed E-state index contributed by atoms with van der Waals surface area (Å²) >= 11 is 0. The summed E-state index contributed by atoms with van der Waals surface area (Å²) in [5.74, 6) is 0.932. The van der Waals surface area contributed by atoms with Crippen molar-refractivity contribution >= 4 is 10.8 Å². The van der Waals surface area contributed by atoms with Crippen molar-refractivity contribution in [2.75, 3.05) is 13.2 Å². The predicted molar refractivity (Wildman–Crippen MR) is 88.9 cm³/mol. The van der Waals surface area contributed by atoms with Crippen LogP contribution in [-0.2, 0) is 6.42 Å². The van der Waals surface area contributed by atoms with Crippen molar-refractivity contribution in [1.29, 1.82) is 0 Å². The number of aliphatic hydroxyl groups is 1. The first-order chi connectivity index (χ1) is 10.3. The van der Waals surface area contributed by atoms with Gasteiger partial charge in [0, 0.05) is 6.61 Å². The Morgan fingerprint density at radius 1 is 0.952 bits per heavy atom. The van der Waals surface area contributed by atoms with E-state index in [0.717, 1.165) is 44.5 Å². The molecule has 112 valence electrons. The van der Waals surface area contributed by atoms with E-state index in [9.17, 15) is 0 Å². The van der Waals surface area contributed by atoms with Crippen LogP contribution in [0.15, 0.2) is 49.1 Å². The molecule has 1 N–H and O–H groups in total. The van der Waals surface area contributed by atoms with Crippen molar-refractivity contribution in [2.45, 2.75) is 32.1 Å². The average Bonchev–Trinajstić information content (AvgIpc) is 2.51. The van der Waals surface area contributed by atoms with Crippen LogP contribution in [0.5, 0.6) is 5.75 Å². The van der Waals surface area contributed by atoms with Gasteiger partial charge in [0.05, 0.1) is 6.61 Å². The van der Waals surface area contributed by atoms with Gasteiger partial charge in [-0.05, 0) is 54.2 Å². The van der Waals surface area contributed by atoms with Crippen molar-refractivity contribution in [2.24, 2.45) is 0 Å². The maximum absolute atomic E-state index is 8.72. The molecule has 0 bridgehead atoms. The third kappa shape index (κ3) is 4.91. The largest absolute Gasteiger partial charge is 0.494 e. The molecule has 0 fully saturated rings. The highest BCUT2D eigenvalue weighted by Crippen LogP contribution is 2.22. The summed E-state index contributed by atoms with van der Waals surface area (Å²) in [5.41, 5.74) is 1.29. The molecular weight excluding hydrogens is 260 g/mol. The van der Waals surface area contributed by atoms with Gasteiger partial charge in [0.25, 0.3) is 0 Å². The van der Waals surface area contributed by atoms with Gasteiger partial charge in [-0.1, -0.05) is 36.8 Å². The lowest BCUT2D eigenvalue weighted by atomic mass is 10.0. The molecule has 0 saturated carbocycles. The Labute approximate surface area is 127 Å². The highest BCUT2D eigenvalue weighted by Gasteiger charge is 1.99. The molecule has 0 heterocycles. The standard InChI is InChI=1S/C19H24O2/c1-2-7-16-8-9-18-15-19(11-10-17(18)14-16)21-13-6-4-3-5-12-20/h2,8-11,14-15,20H,1,3-7,12-13H2. The average molecular weight is 284 g/mol. The predicted octanol–water partition coefficient (Wildman–Crippen LogP) is 4.50. The second kappa shape index (κ2) is 8.48. The van der Waals surface area contributed by atoms with Gasteiger partial charge in [-0.3, -0.25) is 0 Å². The van der Waals surface area contributed by atoms with Crippen LogP contribution in [0.1, 0.15) is 31.2 Å². The van der Waals surface area contributed by atoms with Crippen LogP contribution < -0.4 is 4.74 Å². The highest BCUT2D eigenvalue weighted by molar-refractivity contribution is 5.84. The molecule has 2 heteroatoms. The van der Waals surface area contributed by atoms with Crippen LogP contribution in [0, 0.1) is 0 Å². The number of fused-ring (bicyclic) bond motifs is 1. The molecule has 2 aromatic rings. The van der Waals surface area contributed by atoms with Gasteiger partial charge in [-0.2, -0.15) is 0 Å². The lowest BCUT2D eigenvalue weighted by Crippen LogP contribution is -1.97. The number of hydrogen-bond acceptors (Lipinski definition) is 2. The monoisotopic (exact) mass is 284 g/mol. The quantitative estimate of drug-likeness (QED) is 0.542. The number of rotatable bonds is 9. The van der Waals surface area contributed by atoms with Gasteiger partial charge in [0.2, 0.25) is 0 Å². The molecular formula is C19H24O2. The number of hydrogen-bond donors (Lipinski definition) is 1. The summed E-state index contributed by atoms with van der Waals surface area (Å²) in [6.45, 7) is 4.81. The second-order valence-corrected chi connectivity index (χ2v) is 5.32. The van der Waals surface area contributed by atoms with Crippen molar-refractivity contribution in [3.8, 4) is 5.75 Å². The van der Waals surface area contributed by atoms with Crippen molar-refractivity contribution in [3.63, 3.8) is 0 Å². The Kier molecular flexibility index (Phi) is 6.29. The molecule has 21 heavy (non-hydrogen) atoms. The maximum Gasteiger partial charge on any atom is 0.119 e. The van der Waals surface area contributed by atoms with Gasteiger partial charge in [0.15, 0.2) is 0 Å². The molecule has 0 radical (unpaired) electrons. The van der Waals surface area contributed by atoms with Crippen LogP contribution in [0.2, 0.25) is 0 Å². The fraction of sp³-hybridized carbons (Fsp3) is 0.368. The minimum atomic E-state index is 0.291. The summed E-state index contributed by atoms with van der Waals surface area (Å²) in [5, 5.41) is 11.2. The molecule has 0 aliphatic rings. The molecule has 2 rings (SSSR count). The van der Waals surface area contributed by atoms with Gasteiger partial charge >= 0.3 is 0 Å². The Morgan fingerprint density at radius 3 is 2.52 bits per heavy atom. The molecule has 2 nitrogen and oxygen atoms in total. The topological polar surface area (TPSA) is 29.5 Å². The molecule has 0 amide bonds. The Morgan fingerprint density at radius 2 is 1.71 bits per heavy atom. The molecule has 0 unspecified atom stereocenters. The third-order valence-corrected chi connectivity index (χ3v) is 3.58. The maximum atomic E-state index is 8.72. The van der Waals surface area contributed by atoms with Crippen LogP contribution in [-0.4, -0.2) is 18.3 Å². The summed E-state index contributed by atoms with van der Waals surface area (Å²) in [7, 11) is 0. The van der Waals surface area contributed by atoms with E-state index in [0.29, 0.717) is 6.61 Å². The number of ether oxygens (including phenoxy) is 1. The van der Waals surface area contributed by atoms with Crippen molar-refractivity contribution in [3.05, 3.63) is 54.6 Å².